The van der Waals surface area contributed by atoms with Crippen molar-refractivity contribution >= 4 is 40.2 Å². The molecule has 0 aliphatic heterocycles. The van der Waals surface area contributed by atoms with Gasteiger partial charge in [0.15, 0.2) is 0 Å². The second kappa shape index (κ2) is 8.10. The van der Waals surface area contributed by atoms with Crippen molar-refractivity contribution in [1.29, 1.82) is 0 Å². The molecule has 0 atom stereocenters. The Labute approximate surface area is 155 Å². The van der Waals surface area contributed by atoms with E-state index in [0.29, 0.717) is 40.3 Å². The number of fused-ring (bicyclic) bond motifs is 1. The van der Waals surface area contributed by atoms with E-state index in [1.54, 1.807) is 18.2 Å². The third kappa shape index (κ3) is 4.16. The maximum atomic E-state index is 8.94. The Morgan fingerprint density at radius 3 is 2.48 bits per heavy atom. The van der Waals surface area contributed by atoms with Crippen LogP contribution in [0, 0.1) is 0 Å². The molecule has 0 heterocycles. The number of nitrogens with zero attached hydrogens (tertiary/aromatic N) is 1. The molecule has 0 bridgehead atoms. The first-order valence-corrected chi connectivity index (χ1v) is 8.34. The first-order valence-electron chi connectivity index (χ1n) is 7.59. The number of halogens is 2. The van der Waals surface area contributed by atoms with Gasteiger partial charge in [-0.05, 0) is 29.0 Å². The molecular weight excluding hydrogens is 361 g/mol. The normalized spacial score (nSPS) is 11.1. The lowest BCUT2D eigenvalue weighted by molar-refractivity contribution is 0.217. The largest absolute Gasteiger partial charge is 0.489 e. The van der Waals surface area contributed by atoms with Gasteiger partial charge in [-0.2, -0.15) is 0 Å². The second-order valence-corrected chi connectivity index (χ2v) is 6.06. The molecule has 4 nitrogen and oxygen atoms in total. The number of hydrogen-bond donors (Lipinski definition) is 1. The average Bonchev–Trinajstić information content (AvgIpc) is 2.63. The highest BCUT2D eigenvalue weighted by molar-refractivity contribution is 6.34. The molecule has 1 N–H and O–H groups in total. The zero-order valence-electron chi connectivity index (χ0n) is 13.2. The van der Waals surface area contributed by atoms with Crippen molar-refractivity contribution in [2.24, 2.45) is 5.16 Å². The molecule has 3 aromatic rings. The first kappa shape index (κ1) is 17.4. The first-order chi connectivity index (χ1) is 12.2. The van der Waals surface area contributed by atoms with Crippen LogP contribution < -0.4 is 9.47 Å². The van der Waals surface area contributed by atoms with E-state index in [1.165, 1.54) is 6.21 Å². The molecule has 0 aliphatic rings. The summed E-state index contributed by atoms with van der Waals surface area (Å²) in [6, 6.07) is 16.6. The topological polar surface area (TPSA) is 51.1 Å². The Morgan fingerprint density at radius 2 is 1.68 bits per heavy atom. The summed E-state index contributed by atoms with van der Waals surface area (Å²) in [5.41, 5.74) is 0.710. The van der Waals surface area contributed by atoms with E-state index in [0.717, 1.165) is 10.8 Å². The lowest BCUT2D eigenvalue weighted by Crippen LogP contribution is -2.10. The quantitative estimate of drug-likeness (QED) is 0.271. The van der Waals surface area contributed by atoms with Gasteiger partial charge < -0.3 is 14.7 Å². The highest BCUT2D eigenvalue weighted by Crippen LogP contribution is 2.28. The molecule has 0 saturated heterocycles. The molecule has 0 amide bonds. The van der Waals surface area contributed by atoms with Gasteiger partial charge in [0.05, 0.1) is 11.2 Å². The predicted molar refractivity (Wildman–Crippen MR) is 101 cm³/mol. The van der Waals surface area contributed by atoms with Crippen LogP contribution >= 0.6 is 23.2 Å². The van der Waals surface area contributed by atoms with Gasteiger partial charge >= 0.3 is 0 Å². The van der Waals surface area contributed by atoms with Crippen LogP contribution in [-0.2, 0) is 0 Å². The van der Waals surface area contributed by atoms with E-state index in [9.17, 15) is 0 Å². The minimum atomic E-state index is 0.294. The fourth-order valence-electron chi connectivity index (χ4n) is 2.48. The second-order valence-electron chi connectivity index (χ2n) is 5.21. The monoisotopic (exact) mass is 375 g/mol. The molecule has 3 aromatic carbocycles. The van der Waals surface area contributed by atoms with E-state index >= 15 is 0 Å². The summed E-state index contributed by atoms with van der Waals surface area (Å²) >= 11 is 12.0. The summed E-state index contributed by atoms with van der Waals surface area (Å²) < 4.78 is 11.4. The Balaban J connectivity index is 1.71. The fraction of sp³-hybridized carbons (Fsp3) is 0.105. The Bertz CT molecular complexity index is 912. The minimum absolute atomic E-state index is 0.294. The smallest absolute Gasteiger partial charge is 0.139 e. The van der Waals surface area contributed by atoms with Gasteiger partial charge in [-0.3, -0.25) is 0 Å². The van der Waals surface area contributed by atoms with Gasteiger partial charge in [0.2, 0.25) is 0 Å². The van der Waals surface area contributed by atoms with Crippen LogP contribution in [-0.4, -0.2) is 24.6 Å². The minimum Gasteiger partial charge on any atom is -0.489 e. The summed E-state index contributed by atoms with van der Waals surface area (Å²) in [7, 11) is 0. The number of rotatable bonds is 6. The molecule has 0 unspecified atom stereocenters. The molecular formula is C19H15Cl2NO3. The molecule has 0 saturated carbocycles. The Morgan fingerprint density at radius 1 is 0.920 bits per heavy atom. The maximum Gasteiger partial charge on any atom is 0.139 e. The number of ether oxygens (including phenoxy) is 2. The van der Waals surface area contributed by atoms with Gasteiger partial charge in [0.25, 0.3) is 0 Å². The van der Waals surface area contributed by atoms with Crippen molar-refractivity contribution in [2.45, 2.75) is 0 Å². The van der Waals surface area contributed by atoms with Gasteiger partial charge in [-0.15, -0.1) is 0 Å². The molecule has 25 heavy (non-hydrogen) atoms. The predicted octanol–water partition coefficient (Wildman–Crippen LogP) is 5.41. The molecule has 0 fully saturated rings. The van der Waals surface area contributed by atoms with Crippen molar-refractivity contribution in [3.05, 3.63) is 70.2 Å². The summed E-state index contributed by atoms with van der Waals surface area (Å²) in [6.45, 7) is 0.593. The van der Waals surface area contributed by atoms with E-state index in [4.69, 9.17) is 37.9 Å². The molecule has 0 radical (unpaired) electrons. The summed E-state index contributed by atoms with van der Waals surface area (Å²) in [6.07, 6.45) is 1.37. The summed E-state index contributed by atoms with van der Waals surface area (Å²) in [5, 5.41) is 15.1. The highest BCUT2D eigenvalue weighted by atomic mass is 35.5. The van der Waals surface area contributed by atoms with Crippen LogP contribution in [0.3, 0.4) is 0 Å². The van der Waals surface area contributed by atoms with E-state index in [1.807, 2.05) is 36.4 Å². The summed E-state index contributed by atoms with van der Waals surface area (Å²) in [5.74, 6) is 1.12. The van der Waals surface area contributed by atoms with Crippen LogP contribution in [0.2, 0.25) is 10.0 Å². The number of hydrogen-bond acceptors (Lipinski definition) is 4. The van der Waals surface area contributed by atoms with Gasteiger partial charge in [-0.1, -0.05) is 58.7 Å². The van der Waals surface area contributed by atoms with Crippen molar-refractivity contribution in [1.82, 2.24) is 0 Å². The fourth-order valence-corrected chi connectivity index (χ4v) is 2.82. The van der Waals surface area contributed by atoms with E-state index < -0.39 is 0 Å². The maximum absolute atomic E-state index is 8.94. The zero-order valence-corrected chi connectivity index (χ0v) is 14.7. The van der Waals surface area contributed by atoms with Crippen molar-refractivity contribution in [3.8, 4) is 11.5 Å². The SMILES string of the molecule is ON=Cc1c(OCCOc2cc(Cl)ccc2Cl)ccc2ccccc12. The summed E-state index contributed by atoms with van der Waals surface area (Å²) in [4.78, 5) is 0. The lowest BCUT2D eigenvalue weighted by atomic mass is 10.0. The van der Waals surface area contributed by atoms with Crippen molar-refractivity contribution in [2.75, 3.05) is 13.2 Å². The van der Waals surface area contributed by atoms with Gasteiger partial charge in [0.1, 0.15) is 24.7 Å². The highest BCUT2D eigenvalue weighted by Gasteiger charge is 2.08. The molecule has 0 spiro atoms. The van der Waals surface area contributed by atoms with Crippen molar-refractivity contribution in [3.63, 3.8) is 0 Å². The van der Waals surface area contributed by atoms with E-state index in [-0.39, 0.29) is 0 Å². The molecule has 3 rings (SSSR count). The average molecular weight is 376 g/mol. The van der Waals surface area contributed by atoms with Gasteiger partial charge in [-0.25, -0.2) is 0 Å². The molecule has 6 heteroatoms. The lowest BCUT2D eigenvalue weighted by Gasteiger charge is -2.13. The number of benzene rings is 3. The molecule has 0 aliphatic carbocycles. The van der Waals surface area contributed by atoms with Crippen LogP contribution in [0.5, 0.6) is 11.5 Å². The van der Waals surface area contributed by atoms with Crippen molar-refractivity contribution < 1.29 is 14.7 Å². The molecule has 0 aromatic heterocycles. The third-order valence-electron chi connectivity index (χ3n) is 3.61. The van der Waals surface area contributed by atoms with Crippen LogP contribution in [0.15, 0.2) is 59.8 Å². The Kier molecular flexibility index (Phi) is 5.64. The molecule has 128 valence electrons. The zero-order chi connectivity index (χ0) is 17.6. The third-order valence-corrected chi connectivity index (χ3v) is 4.16. The van der Waals surface area contributed by atoms with Crippen LogP contribution in [0.4, 0.5) is 0 Å². The van der Waals surface area contributed by atoms with Crippen LogP contribution in [0.1, 0.15) is 5.56 Å². The van der Waals surface area contributed by atoms with Gasteiger partial charge in [0, 0.05) is 16.7 Å². The standard InChI is InChI=1S/C19H15Cl2NO3/c20-14-6-7-17(21)19(11-14)25-10-9-24-18-8-5-13-3-1-2-4-15(13)16(18)12-22-23/h1-8,11-12,23H,9-10H2. The van der Waals surface area contributed by atoms with Crippen LogP contribution in [0.25, 0.3) is 10.8 Å². The number of oxime groups is 1. The van der Waals surface area contributed by atoms with E-state index in [2.05, 4.69) is 5.16 Å². The Hall–Kier alpha value is -2.43.